The molecule has 0 saturated heterocycles. The van der Waals surface area contributed by atoms with Gasteiger partial charge in [-0.05, 0) is 62.1 Å². The Morgan fingerprint density at radius 1 is 1.03 bits per heavy atom. The molecule has 1 N–H and O–H groups in total. The molecule has 1 atom stereocenters. The number of hydrogen-bond acceptors (Lipinski definition) is 4. The molecule has 2 amide bonds. The highest BCUT2D eigenvalue weighted by atomic mass is 35.5. The van der Waals surface area contributed by atoms with Crippen LogP contribution in [0.4, 0.5) is 5.69 Å². The number of nitrogens with zero attached hydrogens (tertiary/aromatic N) is 2. The lowest BCUT2D eigenvalue weighted by Crippen LogP contribution is -2.53. The Hall–Kier alpha value is -2.00. The molecular weight excluding hydrogens is 557 g/mol. The fourth-order valence-corrected chi connectivity index (χ4v) is 5.82. The Labute approximate surface area is 234 Å². The van der Waals surface area contributed by atoms with Crippen LogP contribution in [0.3, 0.4) is 0 Å². The molecule has 0 aliphatic heterocycles. The van der Waals surface area contributed by atoms with Gasteiger partial charge in [-0.1, -0.05) is 66.2 Å². The Morgan fingerprint density at radius 2 is 1.70 bits per heavy atom. The van der Waals surface area contributed by atoms with Crippen LogP contribution in [0, 0.1) is 6.92 Å². The van der Waals surface area contributed by atoms with E-state index in [0.29, 0.717) is 31.9 Å². The average molecular weight is 589 g/mol. The smallest absolute Gasteiger partial charge is 0.244 e. The molecule has 1 aliphatic rings. The molecule has 1 saturated carbocycles. The van der Waals surface area contributed by atoms with Gasteiger partial charge in [0.1, 0.15) is 12.6 Å². The summed E-state index contributed by atoms with van der Waals surface area (Å²) in [4.78, 5) is 28.3. The fourth-order valence-electron chi connectivity index (χ4n) is 4.43. The van der Waals surface area contributed by atoms with Gasteiger partial charge in [0.2, 0.25) is 21.8 Å². The third-order valence-corrected chi connectivity index (χ3v) is 8.68. The summed E-state index contributed by atoms with van der Waals surface area (Å²) < 4.78 is 26.5. The van der Waals surface area contributed by atoms with Crippen LogP contribution in [0.15, 0.2) is 36.4 Å². The molecule has 0 aromatic heterocycles. The van der Waals surface area contributed by atoms with Crippen LogP contribution in [0.2, 0.25) is 15.1 Å². The predicted octanol–water partition coefficient (Wildman–Crippen LogP) is 5.59. The fraction of sp³-hybridized carbons (Fsp3) is 0.462. The predicted molar refractivity (Wildman–Crippen MR) is 150 cm³/mol. The zero-order chi connectivity index (χ0) is 27.3. The summed E-state index contributed by atoms with van der Waals surface area (Å²) in [5.41, 5.74) is 1.60. The van der Waals surface area contributed by atoms with Gasteiger partial charge in [-0.15, -0.1) is 0 Å². The van der Waals surface area contributed by atoms with Gasteiger partial charge in [-0.3, -0.25) is 13.9 Å². The van der Waals surface area contributed by atoms with Gasteiger partial charge < -0.3 is 10.2 Å². The van der Waals surface area contributed by atoms with Crippen LogP contribution in [-0.4, -0.2) is 50.0 Å². The van der Waals surface area contributed by atoms with E-state index in [1.165, 1.54) is 11.0 Å². The van der Waals surface area contributed by atoms with E-state index in [9.17, 15) is 18.0 Å². The van der Waals surface area contributed by atoms with Crippen molar-refractivity contribution in [3.63, 3.8) is 0 Å². The largest absolute Gasteiger partial charge is 0.352 e. The molecule has 0 bridgehead atoms. The molecule has 3 rings (SSSR count). The van der Waals surface area contributed by atoms with Crippen LogP contribution in [0.5, 0.6) is 0 Å². The minimum atomic E-state index is -3.85. The van der Waals surface area contributed by atoms with Crippen molar-refractivity contribution in [2.75, 3.05) is 17.1 Å². The normalized spacial score (nSPS) is 15.2. The number of hydrogen-bond donors (Lipinski definition) is 1. The zero-order valence-electron chi connectivity index (χ0n) is 21.1. The number of nitrogens with one attached hydrogen (secondary N) is 1. The maximum absolute atomic E-state index is 13.7. The van der Waals surface area contributed by atoms with Gasteiger partial charge in [0.05, 0.1) is 22.0 Å². The second-order valence-corrected chi connectivity index (χ2v) is 12.6. The van der Waals surface area contributed by atoms with Crippen molar-refractivity contribution < 1.29 is 18.0 Å². The molecular formula is C26H32Cl3N3O4S. The van der Waals surface area contributed by atoms with E-state index in [-0.39, 0.29) is 18.5 Å². The molecule has 1 fully saturated rings. The van der Waals surface area contributed by atoms with Crippen molar-refractivity contribution in [3.05, 3.63) is 62.6 Å². The Morgan fingerprint density at radius 3 is 2.32 bits per heavy atom. The van der Waals surface area contributed by atoms with Crippen molar-refractivity contribution in [1.82, 2.24) is 10.2 Å². The molecule has 202 valence electrons. The molecule has 0 heterocycles. The SMILES string of the molecule is Cc1ccc(Cl)cc1N(CC(=O)N(Cc1ccc(Cl)c(Cl)c1)[C@@H](C)C(=O)NC1CCCCC1)S(C)(=O)=O. The van der Waals surface area contributed by atoms with Gasteiger partial charge in [0.15, 0.2) is 0 Å². The highest BCUT2D eigenvalue weighted by Crippen LogP contribution is 2.28. The van der Waals surface area contributed by atoms with E-state index >= 15 is 0 Å². The molecule has 37 heavy (non-hydrogen) atoms. The lowest BCUT2D eigenvalue weighted by Gasteiger charge is -2.33. The Kier molecular flexibility index (Phi) is 10.1. The maximum atomic E-state index is 13.7. The van der Waals surface area contributed by atoms with Crippen LogP contribution >= 0.6 is 34.8 Å². The van der Waals surface area contributed by atoms with Crippen LogP contribution in [0.1, 0.15) is 50.2 Å². The number of benzene rings is 2. The number of carbonyl (C=O) groups excluding carboxylic acids is 2. The van der Waals surface area contributed by atoms with Gasteiger partial charge in [-0.25, -0.2) is 8.42 Å². The first-order valence-corrected chi connectivity index (χ1v) is 15.1. The highest BCUT2D eigenvalue weighted by molar-refractivity contribution is 7.92. The number of rotatable bonds is 9. The first-order valence-electron chi connectivity index (χ1n) is 12.1. The number of anilines is 1. The highest BCUT2D eigenvalue weighted by Gasteiger charge is 2.31. The van der Waals surface area contributed by atoms with Crippen LogP contribution in [0.25, 0.3) is 0 Å². The molecule has 2 aromatic rings. The first kappa shape index (κ1) is 29.6. The number of aryl methyl sites for hydroxylation is 1. The summed E-state index contributed by atoms with van der Waals surface area (Å²) in [6, 6.07) is 9.02. The van der Waals surface area contributed by atoms with E-state index in [2.05, 4.69) is 5.32 Å². The van der Waals surface area contributed by atoms with Crippen molar-refractivity contribution in [2.45, 2.75) is 64.6 Å². The summed E-state index contributed by atoms with van der Waals surface area (Å²) in [5.74, 6) is -0.827. The Bertz CT molecular complexity index is 1250. The van der Waals surface area contributed by atoms with Gasteiger partial charge >= 0.3 is 0 Å². The van der Waals surface area contributed by atoms with Crippen molar-refractivity contribution >= 4 is 62.3 Å². The molecule has 7 nitrogen and oxygen atoms in total. The molecule has 2 aromatic carbocycles. The monoisotopic (exact) mass is 587 g/mol. The summed E-state index contributed by atoms with van der Waals surface area (Å²) in [6.07, 6.45) is 6.07. The van der Waals surface area contributed by atoms with E-state index in [1.54, 1.807) is 44.2 Å². The van der Waals surface area contributed by atoms with E-state index in [4.69, 9.17) is 34.8 Å². The third kappa shape index (κ3) is 7.99. The minimum absolute atomic E-state index is 0.0428. The lowest BCUT2D eigenvalue weighted by atomic mass is 9.95. The van der Waals surface area contributed by atoms with E-state index in [0.717, 1.165) is 42.7 Å². The van der Waals surface area contributed by atoms with Crippen molar-refractivity contribution in [3.8, 4) is 0 Å². The molecule has 1 aliphatic carbocycles. The van der Waals surface area contributed by atoms with Gasteiger partial charge in [0.25, 0.3) is 0 Å². The zero-order valence-corrected chi connectivity index (χ0v) is 24.2. The number of sulfonamides is 1. The standard InChI is InChI=1S/C26H32Cl3N3O4S/c1-17-9-11-20(27)14-24(17)32(37(3,35)36)16-25(33)31(15-19-10-12-22(28)23(29)13-19)18(2)26(34)30-21-7-5-4-6-8-21/h9-14,18,21H,4-8,15-16H2,1-3H3,(H,30,34)/t18-/m0/s1. The number of halogens is 3. The summed E-state index contributed by atoms with van der Waals surface area (Å²) in [5, 5.41) is 4.09. The minimum Gasteiger partial charge on any atom is -0.352 e. The van der Waals surface area contributed by atoms with E-state index < -0.39 is 28.5 Å². The first-order chi connectivity index (χ1) is 17.4. The second-order valence-electron chi connectivity index (χ2n) is 9.49. The number of carbonyl (C=O) groups is 2. The van der Waals surface area contributed by atoms with E-state index in [1.807, 2.05) is 0 Å². The second kappa shape index (κ2) is 12.7. The maximum Gasteiger partial charge on any atom is 0.244 e. The summed E-state index contributed by atoms with van der Waals surface area (Å²) >= 11 is 18.4. The lowest BCUT2D eigenvalue weighted by molar-refractivity contribution is -0.139. The summed E-state index contributed by atoms with van der Waals surface area (Å²) in [7, 11) is -3.85. The van der Waals surface area contributed by atoms with Crippen molar-refractivity contribution in [2.24, 2.45) is 0 Å². The molecule has 0 radical (unpaired) electrons. The Balaban J connectivity index is 1.92. The topological polar surface area (TPSA) is 86.8 Å². The quantitative estimate of drug-likeness (QED) is 0.414. The summed E-state index contributed by atoms with van der Waals surface area (Å²) in [6.45, 7) is 2.93. The molecule has 0 unspecified atom stereocenters. The average Bonchev–Trinajstić information content (AvgIpc) is 2.84. The van der Waals surface area contributed by atoms with Crippen molar-refractivity contribution in [1.29, 1.82) is 0 Å². The van der Waals surface area contributed by atoms with Gasteiger partial charge in [-0.2, -0.15) is 0 Å². The van der Waals surface area contributed by atoms with Crippen LogP contribution in [-0.2, 0) is 26.2 Å². The molecule has 0 spiro atoms. The molecule has 11 heteroatoms. The van der Waals surface area contributed by atoms with Crippen LogP contribution < -0.4 is 9.62 Å². The number of amides is 2. The third-order valence-electron chi connectivity index (χ3n) is 6.57. The van der Waals surface area contributed by atoms with Gasteiger partial charge in [0, 0.05) is 17.6 Å².